The summed E-state index contributed by atoms with van der Waals surface area (Å²) in [4.78, 5) is 25.0. The Morgan fingerprint density at radius 2 is 1.89 bits per heavy atom. The quantitative estimate of drug-likeness (QED) is 0.644. The molecule has 0 N–H and O–H groups in total. The molecule has 0 radical (unpaired) electrons. The number of nitrogens with zero attached hydrogens (tertiary/aromatic N) is 4. The number of rotatable bonds is 1. The van der Waals surface area contributed by atoms with Crippen LogP contribution in [0, 0.1) is 6.92 Å². The van der Waals surface area contributed by atoms with Crippen molar-refractivity contribution in [2.75, 3.05) is 0 Å². The van der Waals surface area contributed by atoms with Gasteiger partial charge in [0.2, 0.25) is 0 Å². The van der Waals surface area contributed by atoms with Crippen molar-refractivity contribution >= 4 is 11.0 Å². The van der Waals surface area contributed by atoms with Gasteiger partial charge in [-0.3, -0.25) is 4.79 Å². The van der Waals surface area contributed by atoms with Gasteiger partial charge >= 0.3 is 0 Å². The topological polar surface area (TPSA) is 60.7 Å². The second-order valence-electron chi connectivity index (χ2n) is 3.86. The van der Waals surface area contributed by atoms with E-state index < -0.39 is 0 Å². The molecule has 3 aromatic heterocycles. The van der Waals surface area contributed by atoms with E-state index in [9.17, 15) is 4.79 Å². The third-order valence-corrected chi connectivity index (χ3v) is 2.69. The largest absolute Gasteiger partial charge is 0.268 e. The summed E-state index contributed by atoms with van der Waals surface area (Å²) in [5.74, 6) is 1.14. The van der Waals surface area contributed by atoms with Crippen LogP contribution in [0.1, 0.15) is 5.82 Å². The minimum atomic E-state index is -0.149. The first-order valence-electron chi connectivity index (χ1n) is 5.53. The van der Waals surface area contributed by atoms with Crippen LogP contribution >= 0.6 is 0 Å². The van der Waals surface area contributed by atoms with Gasteiger partial charge in [-0.1, -0.05) is 6.07 Å². The number of hydrogen-bond acceptors (Lipinski definition) is 4. The SMILES string of the molecule is Cc1nc2ncccc2c(=O)n1-c1ccccn1. The lowest BCUT2D eigenvalue weighted by molar-refractivity contribution is 0.860. The van der Waals surface area contributed by atoms with Gasteiger partial charge < -0.3 is 0 Å². The van der Waals surface area contributed by atoms with Gasteiger partial charge in [0.25, 0.3) is 5.56 Å². The highest BCUT2D eigenvalue weighted by Crippen LogP contribution is 2.08. The molecule has 0 aromatic carbocycles. The van der Waals surface area contributed by atoms with Crippen LogP contribution in [0.15, 0.2) is 47.5 Å². The highest BCUT2D eigenvalue weighted by atomic mass is 16.1. The van der Waals surface area contributed by atoms with E-state index in [1.54, 1.807) is 43.6 Å². The summed E-state index contributed by atoms with van der Waals surface area (Å²) in [5, 5.41) is 0.494. The lowest BCUT2D eigenvalue weighted by atomic mass is 10.3. The molecule has 3 aromatic rings. The maximum absolute atomic E-state index is 12.4. The average molecular weight is 238 g/mol. The molecule has 3 heterocycles. The van der Waals surface area contributed by atoms with Gasteiger partial charge in [-0.05, 0) is 31.2 Å². The number of hydrogen-bond donors (Lipinski definition) is 0. The Labute approximate surface area is 103 Å². The Bertz CT molecular complexity index is 765. The van der Waals surface area contributed by atoms with Crippen LogP contribution in [-0.2, 0) is 0 Å². The van der Waals surface area contributed by atoms with E-state index >= 15 is 0 Å². The van der Waals surface area contributed by atoms with Gasteiger partial charge in [-0.25, -0.2) is 19.5 Å². The first-order valence-corrected chi connectivity index (χ1v) is 5.53. The summed E-state index contributed by atoms with van der Waals surface area (Å²) in [6.45, 7) is 1.77. The predicted molar refractivity (Wildman–Crippen MR) is 67.7 cm³/mol. The second-order valence-corrected chi connectivity index (χ2v) is 3.86. The monoisotopic (exact) mass is 238 g/mol. The van der Waals surface area contributed by atoms with Crippen LogP contribution in [0.3, 0.4) is 0 Å². The minimum absolute atomic E-state index is 0.149. The van der Waals surface area contributed by atoms with Crippen LogP contribution in [0.25, 0.3) is 16.9 Å². The zero-order valence-electron chi connectivity index (χ0n) is 9.74. The summed E-state index contributed by atoms with van der Waals surface area (Å²) in [5.41, 5.74) is 0.316. The molecule has 0 saturated carbocycles. The van der Waals surface area contributed by atoms with Crippen LogP contribution in [0.4, 0.5) is 0 Å². The van der Waals surface area contributed by atoms with Crippen molar-refractivity contribution in [3.05, 3.63) is 58.9 Å². The molecule has 0 fully saturated rings. The smallest absolute Gasteiger partial charge is 0.268 e. The Morgan fingerprint density at radius 3 is 2.67 bits per heavy atom. The lowest BCUT2D eigenvalue weighted by Crippen LogP contribution is -2.23. The minimum Gasteiger partial charge on any atom is -0.268 e. The summed E-state index contributed by atoms with van der Waals surface area (Å²) in [6, 6.07) is 8.86. The number of aromatic nitrogens is 4. The summed E-state index contributed by atoms with van der Waals surface area (Å²) in [7, 11) is 0. The second kappa shape index (κ2) is 4.03. The maximum Gasteiger partial charge on any atom is 0.268 e. The van der Waals surface area contributed by atoms with E-state index in [1.807, 2.05) is 6.07 Å². The highest BCUT2D eigenvalue weighted by Gasteiger charge is 2.10. The van der Waals surface area contributed by atoms with E-state index in [1.165, 1.54) is 4.57 Å². The van der Waals surface area contributed by atoms with E-state index in [2.05, 4.69) is 15.0 Å². The Balaban J connectivity index is 2.41. The van der Waals surface area contributed by atoms with E-state index in [0.717, 1.165) is 0 Å². The Hall–Kier alpha value is -2.56. The third-order valence-electron chi connectivity index (χ3n) is 2.69. The molecule has 0 saturated heterocycles. The Morgan fingerprint density at radius 1 is 1.06 bits per heavy atom. The molecule has 88 valence electrons. The summed E-state index contributed by atoms with van der Waals surface area (Å²) >= 11 is 0. The Kier molecular flexibility index (Phi) is 2.37. The molecule has 3 rings (SSSR count). The molecule has 18 heavy (non-hydrogen) atoms. The maximum atomic E-state index is 12.4. The zero-order chi connectivity index (χ0) is 12.5. The molecular weight excluding hydrogens is 228 g/mol. The highest BCUT2D eigenvalue weighted by molar-refractivity contribution is 5.73. The number of aryl methyl sites for hydroxylation is 1. The zero-order valence-corrected chi connectivity index (χ0v) is 9.74. The van der Waals surface area contributed by atoms with Gasteiger partial charge in [0.05, 0.1) is 5.39 Å². The molecule has 0 unspecified atom stereocenters. The fourth-order valence-corrected chi connectivity index (χ4v) is 1.88. The molecule has 5 heteroatoms. The lowest BCUT2D eigenvalue weighted by Gasteiger charge is -2.08. The number of fused-ring (bicyclic) bond motifs is 1. The molecule has 0 aliphatic carbocycles. The molecule has 0 spiro atoms. The molecule has 0 bridgehead atoms. The summed E-state index contributed by atoms with van der Waals surface area (Å²) in [6.07, 6.45) is 3.27. The van der Waals surface area contributed by atoms with Crippen molar-refractivity contribution in [2.24, 2.45) is 0 Å². The van der Waals surface area contributed by atoms with Gasteiger partial charge in [0, 0.05) is 12.4 Å². The van der Waals surface area contributed by atoms with Crippen molar-refractivity contribution in [3.63, 3.8) is 0 Å². The van der Waals surface area contributed by atoms with Crippen molar-refractivity contribution in [1.82, 2.24) is 19.5 Å². The van der Waals surface area contributed by atoms with Crippen LogP contribution in [0.2, 0.25) is 0 Å². The van der Waals surface area contributed by atoms with Crippen molar-refractivity contribution in [3.8, 4) is 5.82 Å². The van der Waals surface area contributed by atoms with Crippen molar-refractivity contribution in [2.45, 2.75) is 6.92 Å². The predicted octanol–water partition coefficient (Wildman–Crippen LogP) is 1.48. The summed E-state index contributed by atoms with van der Waals surface area (Å²) < 4.78 is 1.49. The third kappa shape index (κ3) is 1.57. The standard InChI is InChI=1S/C13H10N4O/c1-9-16-12-10(5-4-8-15-12)13(18)17(9)11-6-2-3-7-14-11/h2-8H,1H3. The van der Waals surface area contributed by atoms with Crippen molar-refractivity contribution < 1.29 is 0 Å². The normalized spacial score (nSPS) is 10.7. The first-order chi connectivity index (χ1) is 8.77. The van der Waals surface area contributed by atoms with Crippen molar-refractivity contribution in [1.29, 1.82) is 0 Å². The number of pyridine rings is 2. The van der Waals surface area contributed by atoms with E-state index in [4.69, 9.17) is 0 Å². The first kappa shape index (κ1) is 10.6. The van der Waals surface area contributed by atoms with Crippen LogP contribution < -0.4 is 5.56 Å². The van der Waals surface area contributed by atoms with Gasteiger partial charge in [0.15, 0.2) is 5.65 Å². The molecule has 0 aliphatic heterocycles. The van der Waals surface area contributed by atoms with Crippen LogP contribution in [-0.4, -0.2) is 19.5 Å². The molecule has 0 amide bonds. The molecule has 0 atom stereocenters. The fraction of sp³-hybridized carbons (Fsp3) is 0.0769. The van der Waals surface area contributed by atoms with Gasteiger partial charge in [0.1, 0.15) is 11.6 Å². The van der Waals surface area contributed by atoms with E-state index in [-0.39, 0.29) is 5.56 Å². The van der Waals surface area contributed by atoms with E-state index in [0.29, 0.717) is 22.7 Å². The fourth-order valence-electron chi connectivity index (χ4n) is 1.88. The molecular formula is C13H10N4O. The average Bonchev–Trinajstić information content (AvgIpc) is 2.40. The van der Waals surface area contributed by atoms with Crippen LogP contribution in [0.5, 0.6) is 0 Å². The van der Waals surface area contributed by atoms with Gasteiger partial charge in [-0.2, -0.15) is 0 Å². The van der Waals surface area contributed by atoms with Gasteiger partial charge in [-0.15, -0.1) is 0 Å². The molecule has 5 nitrogen and oxygen atoms in total. The molecule has 0 aliphatic rings.